The summed E-state index contributed by atoms with van der Waals surface area (Å²) in [6.45, 7) is -0.546. The average Bonchev–Trinajstić information content (AvgIpc) is 2.98. The van der Waals surface area contributed by atoms with E-state index in [0.717, 1.165) is 0 Å². The summed E-state index contributed by atoms with van der Waals surface area (Å²) < 4.78 is 0. The van der Waals surface area contributed by atoms with E-state index in [1.54, 1.807) is 0 Å². The Hall–Kier alpha value is -2.49. The fraction of sp³-hybridized carbons (Fsp3) is 0.231. The van der Waals surface area contributed by atoms with E-state index in [1.807, 2.05) is 0 Å². The fourth-order valence-corrected chi connectivity index (χ4v) is 2.10. The molecule has 0 radical (unpaired) electrons. The number of non-ortho nitro benzene ring substituents is 1. The summed E-state index contributed by atoms with van der Waals surface area (Å²) in [5, 5.41) is 38.7. The molecule has 0 fully saturated rings. The Bertz CT molecular complexity index is 703. The molecule has 2 rings (SSSR count). The van der Waals surface area contributed by atoms with Crippen molar-refractivity contribution in [1.82, 2.24) is 15.5 Å². The fourth-order valence-electron chi connectivity index (χ4n) is 1.92. The van der Waals surface area contributed by atoms with Gasteiger partial charge in [0.15, 0.2) is 0 Å². The molecular weight excluding hydrogens is 328 g/mol. The van der Waals surface area contributed by atoms with E-state index in [2.05, 4.69) is 15.5 Å². The summed E-state index contributed by atoms with van der Waals surface area (Å²) in [7, 11) is 0. The van der Waals surface area contributed by atoms with E-state index in [0.29, 0.717) is 5.56 Å². The van der Waals surface area contributed by atoms with E-state index < -0.39 is 29.6 Å². The van der Waals surface area contributed by atoms with Crippen molar-refractivity contribution in [2.24, 2.45) is 0 Å². The summed E-state index contributed by atoms with van der Waals surface area (Å²) in [6.07, 6.45) is -0.0107. The van der Waals surface area contributed by atoms with Gasteiger partial charge in [0.2, 0.25) is 0 Å². The van der Waals surface area contributed by atoms with E-state index in [4.69, 9.17) is 11.6 Å². The molecule has 0 saturated carbocycles. The van der Waals surface area contributed by atoms with Crippen LogP contribution in [0.25, 0.3) is 0 Å². The van der Waals surface area contributed by atoms with E-state index in [1.165, 1.54) is 30.5 Å². The summed E-state index contributed by atoms with van der Waals surface area (Å²) in [5.41, 5.74) is 0.182. The number of nitrogens with zero attached hydrogens (tertiary/aromatic N) is 2. The van der Waals surface area contributed by atoms with Crippen LogP contribution in [-0.4, -0.2) is 43.9 Å². The third-order valence-corrected chi connectivity index (χ3v) is 3.45. The van der Waals surface area contributed by atoms with Gasteiger partial charge in [-0.25, -0.2) is 0 Å². The summed E-state index contributed by atoms with van der Waals surface area (Å²) >= 11 is 5.76. The number of H-pyrrole nitrogens is 1. The number of aliphatic hydroxyl groups is 2. The molecule has 4 N–H and O–H groups in total. The second kappa shape index (κ2) is 7.18. The second-order valence-corrected chi connectivity index (χ2v) is 5.06. The molecule has 0 aliphatic rings. The second-order valence-electron chi connectivity index (χ2n) is 4.65. The maximum absolute atomic E-state index is 12.0. The number of nitro benzene ring substituents is 1. The highest BCUT2D eigenvalue weighted by molar-refractivity contribution is 6.33. The van der Waals surface area contributed by atoms with Gasteiger partial charge in [-0.2, -0.15) is 5.10 Å². The highest BCUT2D eigenvalue weighted by Gasteiger charge is 2.24. The van der Waals surface area contributed by atoms with Gasteiger partial charge in [0.05, 0.1) is 28.8 Å². The lowest BCUT2D eigenvalue weighted by Gasteiger charge is -2.22. The molecule has 0 bridgehead atoms. The third-order valence-electron chi connectivity index (χ3n) is 3.16. The molecule has 2 atom stereocenters. The number of carbonyl (C=O) groups excluding carboxylic acids is 1. The number of aliphatic hydroxyl groups excluding tert-OH is 2. The number of amides is 1. The van der Waals surface area contributed by atoms with Crippen molar-refractivity contribution in [2.75, 3.05) is 6.61 Å². The number of hydrogen-bond acceptors (Lipinski definition) is 6. The minimum Gasteiger partial charge on any atom is -0.394 e. The van der Waals surface area contributed by atoms with Crippen molar-refractivity contribution < 1.29 is 19.9 Å². The first-order valence-corrected chi connectivity index (χ1v) is 6.85. The quantitative estimate of drug-likeness (QED) is 0.452. The molecule has 0 saturated heterocycles. The van der Waals surface area contributed by atoms with Gasteiger partial charge >= 0.3 is 0 Å². The molecule has 2 aromatic rings. The Labute approximate surface area is 135 Å². The van der Waals surface area contributed by atoms with Gasteiger partial charge in [-0.05, 0) is 17.7 Å². The SMILES string of the molecule is O=C(NC(CO)C(O)c1ccc([N+](=O)[O-])cc1)c1[nH]ncc1Cl. The predicted octanol–water partition coefficient (Wildman–Crippen LogP) is 0.796. The van der Waals surface area contributed by atoms with Crippen LogP contribution in [0.3, 0.4) is 0 Å². The number of carbonyl (C=O) groups is 1. The van der Waals surface area contributed by atoms with Gasteiger partial charge in [-0.1, -0.05) is 11.6 Å². The molecule has 1 aromatic carbocycles. The lowest BCUT2D eigenvalue weighted by atomic mass is 10.0. The van der Waals surface area contributed by atoms with Crippen LogP contribution < -0.4 is 5.32 Å². The maximum Gasteiger partial charge on any atom is 0.271 e. The zero-order valence-corrected chi connectivity index (χ0v) is 12.4. The number of rotatable bonds is 6. The van der Waals surface area contributed by atoms with Crippen molar-refractivity contribution in [3.05, 3.63) is 56.9 Å². The molecule has 1 amide bonds. The number of aromatic amines is 1. The van der Waals surface area contributed by atoms with Crippen LogP contribution in [0.15, 0.2) is 30.5 Å². The monoisotopic (exact) mass is 340 g/mol. The van der Waals surface area contributed by atoms with Crippen LogP contribution >= 0.6 is 11.6 Å². The topological polar surface area (TPSA) is 141 Å². The van der Waals surface area contributed by atoms with Gasteiger partial charge in [0.25, 0.3) is 11.6 Å². The number of benzene rings is 1. The molecule has 1 aromatic heterocycles. The number of nitro groups is 1. The first kappa shape index (κ1) is 16.9. The summed E-state index contributed by atoms with van der Waals surface area (Å²) in [6, 6.07) is 4.12. The van der Waals surface area contributed by atoms with Gasteiger partial charge < -0.3 is 15.5 Å². The van der Waals surface area contributed by atoms with Crippen molar-refractivity contribution in [1.29, 1.82) is 0 Å². The van der Waals surface area contributed by atoms with Gasteiger partial charge in [0.1, 0.15) is 11.8 Å². The molecule has 9 nitrogen and oxygen atoms in total. The van der Waals surface area contributed by atoms with Crippen LogP contribution in [0.4, 0.5) is 5.69 Å². The number of hydrogen-bond donors (Lipinski definition) is 4. The van der Waals surface area contributed by atoms with Crippen LogP contribution in [-0.2, 0) is 0 Å². The maximum atomic E-state index is 12.0. The average molecular weight is 341 g/mol. The molecule has 2 unspecified atom stereocenters. The Morgan fingerprint density at radius 1 is 1.43 bits per heavy atom. The van der Waals surface area contributed by atoms with E-state index in [-0.39, 0.29) is 16.4 Å². The van der Waals surface area contributed by atoms with Gasteiger partial charge in [-0.3, -0.25) is 20.0 Å². The van der Waals surface area contributed by atoms with Crippen molar-refractivity contribution in [3.63, 3.8) is 0 Å². The first-order chi connectivity index (χ1) is 10.9. The zero-order chi connectivity index (χ0) is 17.0. The predicted molar refractivity (Wildman–Crippen MR) is 80.0 cm³/mol. The first-order valence-electron chi connectivity index (χ1n) is 6.47. The minimum atomic E-state index is -1.26. The molecular formula is C13H13ClN4O5. The Balaban J connectivity index is 2.12. The van der Waals surface area contributed by atoms with Crippen molar-refractivity contribution in [2.45, 2.75) is 12.1 Å². The molecule has 122 valence electrons. The van der Waals surface area contributed by atoms with E-state index in [9.17, 15) is 25.1 Å². The molecule has 1 heterocycles. The standard InChI is InChI=1S/C13H13ClN4O5/c14-9-5-15-17-11(9)13(21)16-10(6-19)12(20)7-1-3-8(4-2-7)18(22)23/h1-5,10,12,19-20H,6H2,(H,15,17)(H,16,21). The zero-order valence-electron chi connectivity index (χ0n) is 11.6. The Kier molecular flexibility index (Phi) is 5.27. The van der Waals surface area contributed by atoms with Crippen LogP contribution in [0.2, 0.25) is 5.02 Å². The lowest BCUT2D eigenvalue weighted by molar-refractivity contribution is -0.384. The number of aromatic nitrogens is 2. The normalized spacial score (nSPS) is 13.3. The molecule has 0 aliphatic heterocycles. The molecule has 23 heavy (non-hydrogen) atoms. The van der Waals surface area contributed by atoms with Crippen LogP contribution in [0, 0.1) is 10.1 Å². The largest absolute Gasteiger partial charge is 0.394 e. The minimum absolute atomic E-state index is 0.000941. The molecule has 0 aliphatic carbocycles. The summed E-state index contributed by atoms with van der Waals surface area (Å²) in [5.74, 6) is -0.646. The Morgan fingerprint density at radius 3 is 2.57 bits per heavy atom. The van der Waals surface area contributed by atoms with Crippen molar-refractivity contribution in [3.8, 4) is 0 Å². The van der Waals surface area contributed by atoms with Crippen LogP contribution in [0.5, 0.6) is 0 Å². The smallest absolute Gasteiger partial charge is 0.271 e. The number of halogens is 1. The number of nitrogens with one attached hydrogen (secondary N) is 2. The highest BCUT2D eigenvalue weighted by Crippen LogP contribution is 2.21. The van der Waals surface area contributed by atoms with Crippen molar-refractivity contribution >= 4 is 23.2 Å². The lowest BCUT2D eigenvalue weighted by Crippen LogP contribution is -2.42. The summed E-state index contributed by atoms with van der Waals surface area (Å²) in [4.78, 5) is 22.0. The van der Waals surface area contributed by atoms with Gasteiger partial charge in [0, 0.05) is 12.1 Å². The van der Waals surface area contributed by atoms with Gasteiger partial charge in [-0.15, -0.1) is 0 Å². The third kappa shape index (κ3) is 3.83. The molecule has 0 spiro atoms. The van der Waals surface area contributed by atoms with Crippen LogP contribution in [0.1, 0.15) is 22.2 Å². The van der Waals surface area contributed by atoms with E-state index >= 15 is 0 Å². The highest BCUT2D eigenvalue weighted by atomic mass is 35.5. The Morgan fingerprint density at radius 2 is 2.09 bits per heavy atom. The molecule has 10 heteroatoms.